The Kier molecular flexibility index (Phi) is 23.8. The first-order chi connectivity index (χ1) is 47.3. The van der Waals surface area contributed by atoms with Crippen LogP contribution >= 0.6 is 11.3 Å². The highest BCUT2D eigenvalue weighted by Crippen LogP contribution is 2.28. The zero-order chi connectivity index (χ0) is 69.8. The minimum atomic E-state index is -0.454. The second kappa shape index (κ2) is 33.3. The van der Waals surface area contributed by atoms with Gasteiger partial charge in [0.15, 0.2) is 5.13 Å². The number of rotatable bonds is 15. The van der Waals surface area contributed by atoms with Crippen molar-refractivity contribution in [3.8, 4) is 17.0 Å². The number of aliphatic imine (C=N–C) groups is 1. The molecule has 0 aliphatic carbocycles. The normalized spacial score (nSPS) is 12.4. The lowest BCUT2D eigenvalue weighted by Crippen LogP contribution is -2.31. The summed E-state index contributed by atoms with van der Waals surface area (Å²) in [6, 6.07) is 35.8. The number of nitrogens with zero attached hydrogens (tertiary/aromatic N) is 20. The Bertz CT molecular complexity index is 4630. The van der Waals surface area contributed by atoms with Crippen molar-refractivity contribution in [1.29, 1.82) is 0 Å². The molecule has 0 unspecified atom stereocenters. The van der Waals surface area contributed by atoms with E-state index in [4.69, 9.17) is 9.57 Å². The summed E-state index contributed by atoms with van der Waals surface area (Å²) >= 11 is 1.47. The second-order valence-electron chi connectivity index (χ2n) is 21.8. The molecule has 6 aromatic heterocycles. The van der Waals surface area contributed by atoms with Crippen molar-refractivity contribution in [3.05, 3.63) is 202 Å². The maximum absolute atomic E-state index is 12.0. The third-order valence-corrected chi connectivity index (χ3v) is 15.0. The van der Waals surface area contributed by atoms with E-state index in [9.17, 15) is 28.8 Å². The molecule has 0 atom stereocenters. The van der Waals surface area contributed by atoms with E-state index < -0.39 is 11.8 Å². The van der Waals surface area contributed by atoms with Gasteiger partial charge in [-0.05, 0) is 73.5 Å². The van der Waals surface area contributed by atoms with Gasteiger partial charge in [-0.25, -0.2) is 4.98 Å². The van der Waals surface area contributed by atoms with Crippen molar-refractivity contribution in [3.63, 3.8) is 0 Å². The summed E-state index contributed by atoms with van der Waals surface area (Å²) < 4.78 is 14.2. The van der Waals surface area contributed by atoms with Crippen LogP contribution in [0.2, 0.25) is 0 Å². The van der Waals surface area contributed by atoms with E-state index in [1.165, 1.54) is 36.8 Å². The van der Waals surface area contributed by atoms with Crippen LogP contribution < -0.4 is 25.7 Å². The number of hydrogen-bond donors (Lipinski definition) is 3. The minimum Gasteiger partial charge on any atom is -0.497 e. The van der Waals surface area contributed by atoms with E-state index in [2.05, 4.69) is 120 Å². The molecule has 9 heterocycles. The summed E-state index contributed by atoms with van der Waals surface area (Å²) in [4.78, 5) is 85.8. The molecule has 32 heteroatoms. The lowest BCUT2D eigenvalue weighted by Gasteiger charge is -2.11. The summed E-state index contributed by atoms with van der Waals surface area (Å²) in [6.07, 6.45) is 9.25. The molecule has 0 saturated carbocycles. The van der Waals surface area contributed by atoms with Crippen LogP contribution in [0.5, 0.6) is 5.75 Å². The van der Waals surface area contributed by atoms with Crippen molar-refractivity contribution >= 4 is 79.4 Å². The SMILES string of the molecule is CC.COc1ccc2c(c1)C(CNC(=O)Cc1cn(C)nn1)=NC2.Cc1ccc(-c2cn(C)nn2)cc1.Cc1ccc2nc(NC(=O)Cc3cn(C)nn3)sc2c1.Cn1cc(CC(=O)NC2=NN(c3ccccc3)C(=O)C2)nn1.Cn1cc(CON2C(=O)c3ccccc3C2=O)nn1. The summed E-state index contributed by atoms with van der Waals surface area (Å²) in [5.74, 6) is -0.472. The topological polar surface area (TPSA) is 355 Å². The molecule has 0 spiro atoms. The standard InChI is InChI=1S/C15H17N5O2.C14H14N6O2.C13H13N5OS.C12H10N4O3.C10H11N3.C2H6/c1-20-9-11(18-19-20)5-15(21)17-8-14-13-6-12(22-2)4-3-10(13)7-16-14;1-19-9-10(16-18-19)7-13(21)15-12-8-14(22)20(17-12)11-5-3-2-4-6-11;1-8-3-4-10-11(5-8)20-13(14-10)15-12(19)6-9-7-18(2)17-16-9;1-15-6-8(13-14-15)7-19-16-11(17)9-4-2-3-5-10(9)12(16)18;1-8-3-5-9(6-4-8)10-7-13(2)12-11-10;1-2/h3-4,6,9H,5,7-8H2,1-2H3,(H,17,21);2-6,9H,7-8H2,1H3,(H,15,17,21);3-5,7H,6H2,1-2H3,(H,14,15,19);2-6H,7H2,1H3;3-7H,1-2H3;1-2H3. The van der Waals surface area contributed by atoms with Crippen LogP contribution in [0.25, 0.3) is 21.5 Å². The number of imide groups is 1. The molecule has 14 rings (SSSR count). The highest BCUT2D eigenvalue weighted by Gasteiger charge is 2.37. The van der Waals surface area contributed by atoms with Crippen LogP contribution in [-0.2, 0) is 91.7 Å². The summed E-state index contributed by atoms with van der Waals surface area (Å²) in [6.45, 7) is 9.17. The van der Waals surface area contributed by atoms with Crippen molar-refractivity contribution in [2.24, 2.45) is 45.3 Å². The maximum Gasteiger partial charge on any atom is 0.285 e. The van der Waals surface area contributed by atoms with Gasteiger partial charge in [-0.2, -0.15) is 10.1 Å². The zero-order valence-corrected chi connectivity index (χ0v) is 56.2. The van der Waals surface area contributed by atoms with Crippen LogP contribution in [-0.4, -0.2) is 146 Å². The van der Waals surface area contributed by atoms with Crippen LogP contribution in [0.15, 0.2) is 156 Å². The number of hydroxylamine groups is 2. The van der Waals surface area contributed by atoms with E-state index in [0.717, 1.165) is 49.1 Å². The fourth-order valence-electron chi connectivity index (χ4n) is 9.48. The van der Waals surface area contributed by atoms with Gasteiger partial charge in [-0.1, -0.05) is 124 Å². The third kappa shape index (κ3) is 19.2. The maximum atomic E-state index is 12.0. The molecule has 98 heavy (non-hydrogen) atoms. The van der Waals surface area contributed by atoms with Gasteiger partial charge >= 0.3 is 0 Å². The number of anilines is 2. The van der Waals surface area contributed by atoms with Gasteiger partial charge < -0.3 is 20.7 Å². The fourth-order valence-corrected chi connectivity index (χ4v) is 10.5. The lowest BCUT2D eigenvalue weighted by atomic mass is 10.1. The number of methoxy groups -OCH3 is 1. The van der Waals surface area contributed by atoms with E-state index in [1.54, 1.807) is 111 Å². The number of carbonyl (C=O) groups excluding carboxylic acids is 6. The fraction of sp³-hybridized carbons (Fsp3) is 0.258. The number of ether oxygens (including phenoxy) is 1. The van der Waals surface area contributed by atoms with Gasteiger partial charge in [0, 0.05) is 65.0 Å². The van der Waals surface area contributed by atoms with E-state index >= 15 is 0 Å². The summed E-state index contributed by atoms with van der Waals surface area (Å²) in [5, 5.41) is 53.6. The number of thiazole rings is 1. The molecular weight excluding hydrogens is 1270 g/mol. The van der Waals surface area contributed by atoms with Crippen LogP contribution in [0, 0.1) is 13.8 Å². The summed E-state index contributed by atoms with van der Waals surface area (Å²) in [7, 11) is 10.5. The van der Waals surface area contributed by atoms with Crippen molar-refractivity contribution in [2.45, 2.75) is 66.5 Å². The number of nitrogens with one attached hydrogen (secondary N) is 3. The molecular formula is C66H71N23O8S. The minimum absolute atomic E-state index is 0.0132. The smallest absolute Gasteiger partial charge is 0.285 e. The molecule has 31 nitrogen and oxygen atoms in total. The highest BCUT2D eigenvalue weighted by molar-refractivity contribution is 7.22. The van der Waals surface area contributed by atoms with Crippen LogP contribution in [0.4, 0.5) is 10.8 Å². The van der Waals surface area contributed by atoms with Gasteiger partial charge in [0.2, 0.25) is 17.7 Å². The molecule has 504 valence electrons. The van der Waals surface area contributed by atoms with E-state index in [0.29, 0.717) is 63.6 Å². The first-order valence-electron chi connectivity index (χ1n) is 30.6. The number of amidine groups is 1. The zero-order valence-electron chi connectivity index (χ0n) is 55.4. The van der Waals surface area contributed by atoms with Crippen molar-refractivity contribution < 1.29 is 38.3 Å². The van der Waals surface area contributed by atoms with Crippen LogP contribution in [0.3, 0.4) is 0 Å². The predicted octanol–water partition coefficient (Wildman–Crippen LogP) is 5.98. The Morgan fingerprint density at radius 1 is 0.571 bits per heavy atom. The Balaban J connectivity index is 0.000000144. The van der Waals surface area contributed by atoms with Crippen molar-refractivity contribution in [2.75, 3.05) is 24.0 Å². The number of hydrogen-bond acceptors (Lipinski definition) is 22. The number of amides is 6. The number of para-hydroxylation sites is 1. The van der Waals surface area contributed by atoms with Gasteiger partial charge in [-0.15, -0.1) is 30.6 Å². The third-order valence-electron chi connectivity index (χ3n) is 14.0. The number of aromatic nitrogens is 16. The first-order valence-corrected chi connectivity index (χ1v) is 31.5. The lowest BCUT2D eigenvalue weighted by molar-refractivity contribution is -0.120. The molecule has 3 N–H and O–H groups in total. The number of aryl methyl sites for hydroxylation is 7. The molecule has 0 bridgehead atoms. The number of hydrazone groups is 1. The number of fused-ring (bicyclic) bond motifs is 3. The Hall–Kier alpha value is -12.2. The van der Waals surface area contributed by atoms with E-state index in [-0.39, 0.29) is 55.9 Å². The van der Waals surface area contributed by atoms with Gasteiger partial charge in [-0.3, -0.25) is 62.0 Å². The highest BCUT2D eigenvalue weighted by atomic mass is 32.1. The summed E-state index contributed by atoms with van der Waals surface area (Å²) in [5.41, 5.74) is 12.2. The van der Waals surface area contributed by atoms with Crippen LogP contribution in [0.1, 0.15) is 86.0 Å². The van der Waals surface area contributed by atoms with E-state index in [1.807, 2.05) is 82.5 Å². The monoisotopic (exact) mass is 1350 g/mol. The number of carbonyl (C=O) groups is 6. The number of benzene rings is 5. The van der Waals surface area contributed by atoms with Gasteiger partial charge in [0.05, 0.1) is 108 Å². The Morgan fingerprint density at radius 2 is 1.11 bits per heavy atom. The first kappa shape index (κ1) is 70.1. The molecule has 0 fully saturated rings. The molecule has 5 aromatic carbocycles. The van der Waals surface area contributed by atoms with Gasteiger partial charge in [0.25, 0.3) is 17.7 Å². The Morgan fingerprint density at radius 3 is 1.67 bits per heavy atom. The molecule has 11 aromatic rings. The second-order valence-corrected chi connectivity index (χ2v) is 22.9. The molecule has 0 radical (unpaired) electrons. The average Bonchev–Trinajstić information content (AvgIpc) is 1.65. The van der Waals surface area contributed by atoms with Gasteiger partial charge in [0.1, 0.15) is 29.6 Å². The quantitative estimate of drug-likeness (QED) is 0.0993. The predicted molar refractivity (Wildman–Crippen MR) is 363 cm³/mol. The molecule has 3 aliphatic heterocycles. The Labute approximate surface area is 566 Å². The molecule has 6 amide bonds. The molecule has 0 saturated heterocycles. The largest absolute Gasteiger partial charge is 0.497 e. The average molecular weight is 1350 g/mol. The van der Waals surface area contributed by atoms with Crippen molar-refractivity contribution in [1.82, 2.24) is 95.7 Å². The molecule has 3 aliphatic rings.